The summed E-state index contributed by atoms with van der Waals surface area (Å²) < 4.78 is 1.04. The maximum atomic E-state index is 11.9. The number of carbonyl (C=O) groups excluding carboxylic acids is 1. The van der Waals surface area contributed by atoms with Gasteiger partial charge < -0.3 is 4.90 Å². The number of thioether (sulfide) groups is 1. The van der Waals surface area contributed by atoms with Gasteiger partial charge in [-0.2, -0.15) is 0 Å². The fourth-order valence-electron chi connectivity index (χ4n) is 1.23. The molecule has 2 nitrogen and oxygen atoms in total. The molecule has 1 fully saturated rings. The largest absolute Gasteiger partial charge is 0.328 e. The Labute approximate surface area is 100 Å². The standard InChI is InChI=1S/C8H7Cl2NOS2/c9-6-3-5(7(10)14-6)8(12)11-1-2-13-4-11/h3H,1-2,4H2. The molecule has 1 aliphatic heterocycles. The van der Waals surface area contributed by atoms with E-state index < -0.39 is 0 Å². The van der Waals surface area contributed by atoms with E-state index in [0.29, 0.717) is 14.2 Å². The van der Waals surface area contributed by atoms with Crippen LogP contribution in [0.15, 0.2) is 6.07 Å². The number of rotatable bonds is 1. The van der Waals surface area contributed by atoms with Gasteiger partial charge in [-0.3, -0.25) is 4.79 Å². The van der Waals surface area contributed by atoms with E-state index in [0.717, 1.165) is 18.2 Å². The number of carbonyl (C=O) groups is 1. The second kappa shape index (κ2) is 4.31. The Kier molecular flexibility index (Phi) is 3.27. The number of hydrogen-bond acceptors (Lipinski definition) is 3. The monoisotopic (exact) mass is 267 g/mol. The van der Waals surface area contributed by atoms with Crippen molar-refractivity contribution in [2.24, 2.45) is 0 Å². The molecule has 0 bridgehead atoms. The van der Waals surface area contributed by atoms with Crippen LogP contribution in [0.4, 0.5) is 0 Å². The molecule has 0 unspecified atom stereocenters. The van der Waals surface area contributed by atoms with Crippen molar-refractivity contribution >= 4 is 52.2 Å². The van der Waals surface area contributed by atoms with Crippen LogP contribution in [0.1, 0.15) is 10.4 Å². The zero-order valence-corrected chi connectivity index (χ0v) is 10.3. The highest BCUT2D eigenvalue weighted by Gasteiger charge is 2.23. The summed E-state index contributed by atoms with van der Waals surface area (Å²) in [5.41, 5.74) is 0.532. The van der Waals surface area contributed by atoms with Gasteiger partial charge in [0, 0.05) is 12.3 Å². The molecule has 1 aromatic heterocycles. The Morgan fingerprint density at radius 2 is 2.29 bits per heavy atom. The molecule has 1 saturated heterocycles. The van der Waals surface area contributed by atoms with E-state index in [4.69, 9.17) is 23.2 Å². The minimum atomic E-state index is -0.0110. The third-order valence-electron chi connectivity index (χ3n) is 1.93. The summed E-state index contributed by atoms with van der Waals surface area (Å²) in [6, 6.07) is 1.64. The number of amides is 1. The lowest BCUT2D eigenvalue weighted by Crippen LogP contribution is -2.27. The van der Waals surface area contributed by atoms with Gasteiger partial charge in [0.1, 0.15) is 4.34 Å². The summed E-state index contributed by atoms with van der Waals surface area (Å²) in [5, 5.41) is 0. The fraction of sp³-hybridized carbons (Fsp3) is 0.375. The summed E-state index contributed by atoms with van der Waals surface area (Å²) in [4.78, 5) is 13.6. The average molecular weight is 268 g/mol. The molecule has 14 heavy (non-hydrogen) atoms. The van der Waals surface area contributed by atoms with Crippen molar-refractivity contribution in [3.63, 3.8) is 0 Å². The smallest absolute Gasteiger partial charge is 0.257 e. The average Bonchev–Trinajstić information content (AvgIpc) is 2.73. The normalized spacial score (nSPS) is 16.3. The van der Waals surface area contributed by atoms with Crippen molar-refractivity contribution in [3.8, 4) is 0 Å². The predicted octanol–water partition coefficient (Wildman–Crippen LogP) is 3.20. The fourth-order valence-corrected chi connectivity index (χ4v) is 3.62. The van der Waals surface area contributed by atoms with Crippen molar-refractivity contribution in [2.75, 3.05) is 18.2 Å². The molecule has 0 aromatic carbocycles. The van der Waals surface area contributed by atoms with Crippen LogP contribution in [0.5, 0.6) is 0 Å². The zero-order valence-electron chi connectivity index (χ0n) is 7.13. The molecule has 0 radical (unpaired) electrons. The van der Waals surface area contributed by atoms with Crippen molar-refractivity contribution in [1.29, 1.82) is 0 Å². The lowest BCUT2D eigenvalue weighted by atomic mass is 10.3. The van der Waals surface area contributed by atoms with Gasteiger partial charge in [-0.25, -0.2) is 0 Å². The van der Waals surface area contributed by atoms with E-state index >= 15 is 0 Å². The molecule has 0 saturated carbocycles. The Bertz CT molecular complexity index is 360. The van der Waals surface area contributed by atoms with Gasteiger partial charge in [0.15, 0.2) is 0 Å². The number of nitrogens with zero attached hydrogens (tertiary/aromatic N) is 1. The third kappa shape index (κ3) is 2.03. The second-order valence-corrected chi connectivity index (χ2v) is 6.20. The van der Waals surface area contributed by atoms with Crippen LogP contribution < -0.4 is 0 Å². The molecule has 0 N–H and O–H groups in total. The van der Waals surface area contributed by atoms with E-state index in [9.17, 15) is 4.79 Å². The van der Waals surface area contributed by atoms with Crippen LogP contribution >= 0.6 is 46.3 Å². The summed E-state index contributed by atoms with van der Waals surface area (Å²) in [7, 11) is 0. The summed E-state index contributed by atoms with van der Waals surface area (Å²) in [5.74, 6) is 1.74. The third-order valence-corrected chi connectivity index (χ3v) is 4.38. The lowest BCUT2D eigenvalue weighted by Gasteiger charge is -2.13. The minimum absolute atomic E-state index is 0.0110. The van der Waals surface area contributed by atoms with E-state index in [1.807, 2.05) is 0 Å². The predicted molar refractivity (Wildman–Crippen MR) is 62.7 cm³/mol. The van der Waals surface area contributed by atoms with E-state index in [1.54, 1.807) is 22.7 Å². The minimum Gasteiger partial charge on any atom is -0.328 e. The highest BCUT2D eigenvalue weighted by Crippen LogP contribution is 2.32. The van der Waals surface area contributed by atoms with Crippen molar-refractivity contribution in [1.82, 2.24) is 4.90 Å². The molecule has 76 valence electrons. The van der Waals surface area contributed by atoms with Crippen LogP contribution in [0.2, 0.25) is 8.67 Å². The lowest BCUT2D eigenvalue weighted by molar-refractivity contribution is 0.0803. The SMILES string of the molecule is O=C(c1cc(Cl)sc1Cl)N1CCSC1. The van der Waals surface area contributed by atoms with Gasteiger partial charge in [0.05, 0.1) is 15.8 Å². The number of thiophene rings is 1. The summed E-state index contributed by atoms with van der Waals surface area (Å²) >= 11 is 14.7. The maximum absolute atomic E-state index is 11.9. The molecule has 0 aliphatic carbocycles. The first kappa shape index (κ1) is 10.6. The van der Waals surface area contributed by atoms with E-state index in [-0.39, 0.29) is 5.91 Å². The van der Waals surface area contributed by atoms with Crippen LogP contribution in [-0.2, 0) is 0 Å². The van der Waals surface area contributed by atoms with Crippen molar-refractivity contribution < 1.29 is 4.79 Å². The zero-order chi connectivity index (χ0) is 10.1. The topological polar surface area (TPSA) is 20.3 Å². The Morgan fingerprint density at radius 1 is 1.50 bits per heavy atom. The van der Waals surface area contributed by atoms with Gasteiger partial charge >= 0.3 is 0 Å². The highest BCUT2D eigenvalue weighted by molar-refractivity contribution is 7.99. The van der Waals surface area contributed by atoms with Gasteiger partial charge in [-0.1, -0.05) is 23.2 Å². The Hall–Kier alpha value is 0.1000. The summed E-state index contributed by atoms with van der Waals surface area (Å²) in [6.45, 7) is 0.799. The molecule has 2 rings (SSSR count). The second-order valence-electron chi connectivity index (χ2n) is 2.84. The number of halogens is 2. The van der Waals surface area contributed by atoms with Crippen LogP contribution in [0.3, 0.4) is 0 Å². The molecular weight excluding hydrogens is 261 g/mol. The maximum Gasteiger partial charge on any atom is 0.257 e. The summed E-state index contributed by atoms with van der Waals surface area (Å²) in [6.07, 6.45) is 0. The molecule has 0 spiro atoms. The molecular formula is C8H7Cl2NOS2. The van der Waals surface area contributed by atoms with Gasteiger partial charge in [0.25, 0.3) is 5.91 Å². The molecule has 1 aliphatic rings. The molecule has 1 aromatic rings. The Balaban J connectivity index is 2.21. The van der Waals surface area contributed by atoms with E-state index in [2.05, 4.69) is 0 Å². The van der Waals surface area contributed by atoms with Crippen LogP contribution in [-0.4, -0.2) is 29.0 Å². The Morgan fingerprint density at radius 3 is 2.79 bits per heavy atom. The first-order valence-electron chi connectivity index (χ1n) is 4.00. The van der Waals surface area contributed by atoms with Gasteiger partial charge in [-0.05, 0) is 6.07 Å². The highest BCUT2D eigenvalue weighted by atomic mass is 35.5. The molecule has 0 atom stereocenters. The van der Waals surface area contributed by atoms with Crippen LogP contribution in [0, 0.1) is 0 Å². The molecule has 2 heterocycles. The van der Waals surface area contributed by atoms with E-state index in [1.165, 1.54) is 11.3 Å². The van der Waals surface area contributed by atoms with Gasteiger partial charge in [0.2, 0.25) is 0 Å². The van der Waals surface area contributed by atoms with Crippen LogP contribution in [0.25, 0.3) is 0 Å². The molecule has 1 amide bonds. The van der Waals surface area contributed by atoms with Crippen molar-refractivity contribution in [2.45, 2.75) is 0 Å². The molecule has 6 heteroatoms. The first-order chi connectivity index (χ1) is 6.68. The first-order valence-corrected chi connectivity index (χ1v) is 6.73. The van der Waals surface area contributed by atoms with Gasteiger partial charge in [-0.15, -0.1) is 23.1 Å². The number of hydrogen-bond donors (Lipinski definition) is 0. The quantitative estimate of drug-likeness (QED) is 0.779. The van der Waals surface area contributed by atoms with Crippen molar-refractivity contribution in [3.05, 3.63) is 20.3 Å².